The monoisotopic (exact) mass is 485 g/mol. The Morgan fingerprint density at radius 3 is 2.12 bits per heavy atom. The van der Waals surface area contributed by atoms with Gasteiger partial charge in [0.05, 0.1) is 6.54 Å². The average Bonchev–Trinajstić information content (AvgIpc) is 2.79. The minimum Gasteiger partial charge on any atom is -0.312 e. The fraction of sp³-hybridized carbons (Fsp3) is 0.500. The van der Waals surface area contributed by atoms with Gasteiger partial charge in [0, 0.05) is 43.2 Å². The predicted molar refractivity (Wildman–Crippen MR) is 154 cm³/mol. The van der Waals surface area contributed by atoms with E-state index in [9.17, 15) is 0 Å². The van der Waals surface area contributed by atoms with Gasteiger partial charge < -0.3 is 9.62 Å². The number of hydrogen-bond donors (Lipinski definition) is 3. The van der Waals surface area contributed by atoms with Crippen LogP contribution in [0.4, 0.5) is 5.69 Å². The number of hydrazine groups is 1. The summed E-state index contributed by atoms with van der Waals surface area (Å²) in [7, 11) is 1.65. The van der Waals surface area contributed by atoms with Gasteiger partial charge in [0.2, 0.25) is 0 Å². The molecule has 1 heterocycles. The van der Waals surface area contributed by atoms with Crippen LogP contribution in [-0.4, -0.2) is 49.4 Å². The first-order chi connectivity index (χ1) is 16.3. The van der Waals surface area contributed by atoms with Gasteiger partial charge in [-0.05, 0) is 62.0 Å². The van der Waals surface area contributed by atoms with Crippen LogP contribution in [0.1, 0.15) is 45.7 Å². The normalized spacial score (nSPS) is 17.8. The topological polar surface area (TPSA) is 56.6 Å². The maximum atomic E-state index is 4.60. The minimum atomic E-state index is 0.576. The van der Waals surface area contributed by atoms with Gasteiger partial charge in [-0.3, -0.25) is 16.2 Å². The fourth-order valence-corrected chi connectivity index (χ4v) is 4.70. The molecular formula is C28H47N5S. The summed E-state index contributed by atoms with van der Waals surface area (Å²) in [5.41, 5.74) is 6.00. The van der Waals surface area contributed by atoms with Gasteiger partial charge in [-0.15, -0.1) is 0 Å². The van der Waals surface area contributed by atoms with Crippen LogP contribution >= 0.6 is 11.9 Å². The number of nitrogens with zero attached hydrogens (tertiary/aromatic N) is 2. The summed E-state index contributed by atoms with van der Waals surface area (Å²) < 4.78 is 2.41. The van der Waals surface area contributed by atoms with Gasteiger partial charge in [0.1, 0.15) is 0 Å². The lowest BCUT2D eigenvalue weighted by Gasteiger charge is -2.36. The lowest BCUT2D eigenvalue weighted by Crippen LogP contribution is -2.54. The Labute approximate surface area is 213 Å². The van der Waals surface area contributed by atoms with Gasteiger partial charge in [-0.25, -0.2) is 0 Å². The van der Waals surface area contributed by atoms with E-state index in [1.807, 2.05) is 18.0 Å². The molecule has 4 N–H and O–H groups in total. The van der Waals surface area contributed by atoms with Gasteiger partial charge in [-0.2, -0.15) is 0 Å². The largest absolute Gasteiger partial charge is 0.312 e. The highest BCUT2D eigenvalue weighted by Gasteiger charge is 2.20. The molecule has 1 fully saturated rings. The summed E-state index contributed by atoms with van der Waals surface area (Å²) in [6, 6.07) is 20.5. The van der Waals surface area contributed by atoms with Crippen LogP contribution in [0.2, 0.25) is 0 Å². The molecule has 0 bridgehead atoms. The highest BCUT2D eigenvalue weighted by Crippen LogP contribution is 2.25. The van der Waals surface area contributed by atoms with Crippen molar-refractivity contribution in [1.29, 1.82) is 0 Å². The van der Waals surface area contributed by atoms with Crippen molar-refractivity contribution in [3.8, 4) is 0 Å². The highest BCUT2D eigenvalue weighted by atomic mass is 32.2. The summed E-state index contributed by atoms with van der Waals surface area (Å²) in [4.78, 5) is 2.58. The van der Waals surface area contributed by atoms with Crippen molar-refractivity contribution in [2.45, 2.75) is 53.2 Å². The zero-order valence-corrected chi connectivity index (χ0v) is 22.9. The van der Waals surface area contributed by atoms with Gasteiger partial charge in [-0.1, -0.05) is 75.9 Å². The molecule has 0 saturated carbocycles. The van der Waals surface area contributed by atoms with Crippen molar-refractivity contribution in [2.24, 2.45) is 11.8 Å². The van der Waals surface area contributed by atoms with E-state index in [1.165, 1.54) is 16.8 Å². The molecule has 2 atom stereocenters. The first-order valence-electron chi connectivity index (χ1n) is 12.3. The van der Waals surface area contributed by atoms with Crippen molar-refractivity contribution in [3.05, 3.63) is 72.3 Å². The smallest absolute Gasteiger partial charge is 0.0546 e. The number of anilines is 1. The van der Waals surface area contributed by atoms with E-state index < -0.39 is 0 Å². The second-order valence-corrected chi connectivity index (χ2v) is 10.5. The maximum Gasteiger partial charge on any atom is 0.0546 e. The third kappa shape index (κ3) is 13.2. The van der Waals surface area contributed by atoms with Crippen molar-refractivity contribution in [2.75, 3.05) is 36.7 Å². The van der Waals surface area contributed by atoms with Crippen LogP contribution in [-0.2, 0) is 6.54 Å². The third-order valence-electron chi connectivity index (χ3n) is 4.87. The molecule has 3 rings (SSSR count). The van der Waals surface area contributed by atoms with E-state index in [1.54, 1.807) is 7.05 Å². The summed E-state index contributed by atoms with van der Waals surface area (Å²) in [6.07, 6.45) is 1.89. The average molecular weight is 486 g/mol. The Morgan fingerprint density at radius 1 is 1.09 bits per heavy atom. The molecule has 2 aromatic rings. The predicted octanol–water partition coefficient (Wildman–Crippen LogP) is 5.41. The van der Waals surface area contributed by atoms with Crippen molar-refractivity contribution in [1.82, 2.24) is 15.6 Å². The van der Waals surface area contributed by atoms with E-state index in [4.69, 9.17) is 0 Å². The van der Waals surface area contributed by atoms with Gasteiger partial charge >= 0.3 is 0 Å². The Hall–Kier alpha value is -1.83. The van der Waals surface area contributed by atoms with Crippen molar-refractivity contribution < 1.29 is 0 Å². The zero-order chi connectivity index (χ0) is 25.3. The molecular weight excluding hydrogens is 438 g/mol. The number of nitrogens with one attached hydrogen (secondary N) is 2. The van der Waals surface area contributed by atoms with Gasteiger partial charge in [0.25, 0.3) is 0 Å². The first kappa shape index (κ1) is 30.2. The molecule has 0 aromatic heterocycles. The number of piperazine rings is 1. The quantitative estimate of drug-likeness (QED) is 0.264. The van der Waals surface area contributed by atoms with Crippen LogP contribution in [0.25, 0.3) is 6.08 Å². The van der Waals surface area contributed by atoms with Crippen LogP contribution in [0.15, 0.2) is 61.2 Å². The number of rotatable bonds is 8. The van der Waals surface area contributed by atoms with Crippen LogP contribution in [0.3, 0.4) is 0 Å². The number of hydrogen-bond acceptors (Lipinski definition) is 6. The van der Waals surface area contributed by atoms with Crippen molar-refractivity contribution >= 4 is 23.7 Å². The lowest BCUT2D eigenvalue weighted by atomic mass is 10.1. The van der Waals surface area contributed by atoms with E-state index >= 15 is 0 Å². The first-order valence-corrected chi connectivity index (χ1v) is 13.3. The van der Waals surface area contributed by atoms with Crippen LogP contribution in [0.5, 0.6) is 0 Å². The second kappa shape index (κ2) is 17.6. The summed E-state index contributed by atoms with van der Waals surface area (Å²) in [5.74, 6) is 6.53. The van der Waals surface area contributed by atoms with E-state index in [0.29, 0.717) is 12.1 Å². The molecule has 0 radical (unpaired) electrons. The number of para-hydroxylation sites is 1. The summed E-state index contributed by atoms with van der Waals surface area (Å²) >= 11 is 1.93. The molecule has 0 aliphatic carbocycles. The standard InChI is InChI=1S/C23H31N3S.C4H10.CH6N2/c1-4-21-10-12-22(13-11-21)18-26(23-8-6-5-7-9-23)27-15-14-25-16-19(2)24-20(3)17-25;1-4(2)3;1-3-2/h4-13,19-20,24H,1,14-18H2,2-3H3;4H,1-3H3;3H,2H2,1H3. The van der Waals surface area contributed by atoms with E-state index in [2.05, 4.69) is 122 Å². The molecule has 0 spiro atoms. The third-order valence-corrected chi connectivity index (χ3v) is 5.89. The highest BCUT2D eigenvalue weighted by molar-refractivity contribution is 8.00. The number of nitrogens with two attached hydrogens (primary N) is 1. The molecule has 0 amide bonds. The fourth-order valence-electron chi connectivity index (χ4n) is 3.63. The summed E-state index contributed by atoms with van der Waals surface area (Å²) in [5, 5.41) is 3.61. The van der Waals surface area contributed by atoms with Crippen LogP contribution < -0.4 is 20.9 Å². The molecule has 6 heteroatoms. The minimum absolute atomic E-state index is 0.576. The molecule has 190 valence electrons. The molecule has 34 heavy (non-hydrogen) atoms. The van der Waals surface area contributed by atoms with E-state index in [0.717, 1.165) is 37.8 Å². The SMILES string of the molecule is C=Cc1ccc(CN(SCCN2CC(C)NC(C)C2)c2ccccc2)cc1.CC(C)C.CNN. The molecule has 2 unspecified atom stereocenters. The molecule has 1 aliphatic rings. The lowest BCUT2D eigenvalue weighted by molar-refractivity contribution is 0.183. The molecule has 5 nitrogen and oxygen atoms in total. The Balaban J connectivity index is 0.000000732. The zero-order valence-electron chi connectivity index (χ0n) is 22.1. The Morgan fingerprint density at radius 2 is 1.62 bits per heavy atom. The Kier molecular flexibility index (Phi) is 15.6. The second-order valence-electron chi connectivity index (χ2n) is 9.40. The van der Waals surface area contributed by atoms with Crippen LogP contribution in [0, 0.1) is 5.92 Å². The van der Waals surface area contributed by atoms with Gasteiger partial charge in [0.15, 0.2) is 0 Å². The Bertz CT molecular complexity index is 753. The molecule has 2 aromatic carbocycles. The molecule has 1 aliphatic heterocycles. The maximum absolute atomic E-state index is 4.60. The molecule has 1 saturated heterocycles. The van der Waals surface area contributed by atoms with Crippen molar-refractivity contribution in [3.63, 3.8) is 0 Å². The number of benzene rings is 2. The summed E-state index contributed by atoms with van der Waals surface area (Å²) in [6.45, 7) is 19.2. The van der Waals surface area contributed by atoms with E-state index in [-0.39, 0.29) is 0 Å².